The number of hydrogen-bond acceptors (Lipinski definition) is 4. The van der Waals surface area contributed by atoms with E-state index in [1.807, 2.05) is 35.2 Å². The van der Waals surface area contributed by atoms with Gasteiger partial charge in [0, 0.05) is 38.1 Å². The highest BCUT2D eigenvalue weighted by molar-refractivity contribution is 14.0. The Bertz CT molecular complexity index is 824. The second kappa shape index (κ2) is 11.5. The third-order valence-electron chi connectivity index (χ3n) is 5.29. The summed E-state index contributed by atoms with van der Waals surface area (Å²) in [5, 5.41) is 3.44. The highest BCUT2D eigenvalue weighted by atomic mass is 127. The topological polar surface area (TPSA) is 53.0 Å². The van der Waals surface area contributed by atoms with Gasteiger partial charge in [-0.2, -0.15) is 0 Å². The first-order valence-electron chi connectivity index (χ1n) is 10.4. The number of nitrogens with zero attached hydrogens (tertiary/aromatic N) is 4. The van der Waals surface area contributed by atoms with Crippen molar-refractivity contribution in [2.45, 2.75) is 25.8 Å². The van der Waals surface area contributed by atoms with E-state index in [2.05, 4.69) is 15.2 Å². The molecule has 0 saturated carbocycles. The van der Waals surface area contributed by atoms with Gasteiger partial charge in [-0.3, -0.25) is 0 Å². The maximum absolute atomic E-state index is 14.6. The van der Waals surface area contributed by atoms with Gasteiger partial charge in [-0.15, -0.1) is 24.0 Å². The summed E-state index contributed by atoms with van der Waals surface area (Å²) in [6.45, 7) is 4.92. The number of ether oxygens (including phenoxy) is 1. The van der Waals surface area contributed by atoms with Crippen molar-refractivity contribution >= 4 is 41.4 Å². The van der Waals surface area contributed by atoms with Gasteiger partial charge in [-0.25, -0.2) is 14.4 Å². The van der Waals surface area contributed by atoms with Crippen molar-refractivity contribution in [1.29, 1.82) is 0 Å². The maximum atomic E-state index is 14.6. The standard InChI is InChI=1S/C22H28FN5O.HI/c23-20-15-18(16-24-21(20)27-11-13-29-14-12-27)17-25-22(28-9-5-2-6-10-28)26-19-7-3-1-4-8-19;/h1,3-4,7-8,15-16H,2,5-6,9-14,17H2,(H,25,26);1H. The van der Waals surface area contributed by atoms with Crippen LogP contribution in [0.25, 0.3) is 0 Å². The Morgan fingerprint density at radius 2 is 1.80 bits per heavy atom. The van der Waals surface area contributed by atoms with Gasteiger partial charge >= 0.3 is 0 Å². The SMILES string of the molecule is Fc1cc(CN=C(Nc2ccccc2)N2CCCCC2)cnc1N1CCOCC1.I. The van der Waals surface area contributed by atoms with E-state index in [0.29, 0.717) is 38.7 Å². The first-order chi connectivity index (χ1) is 14.3. The van der Waals surface area contributed by atoms with Crippen molar-refractivity contribution in [1.82, 2.24) is 9.88 Å². The van der Waals surface area contributed by atoms with Gasteiger partial charge in [-0.1, -0.05) is 18.2 Å². The van der Waals surface area contributed by atoms with E-state index in [1.54, 1.807) is 12.3 Å². The summed E-state index contributed by atoms with van der Waals surface area (Å²) in [4.78, 5) is 13.4. The van der Waals surface area contributed by atoms with E-state index < -0.39 is 0 Å². The Morgan fingerprint density at radius 1 is 1.07 bits per heavy atom. The van der Waals surface area contributed by atoms with E-state index in [-0.39, 0.29) is 29.8 Å². The van der Waals surface area contributed by atoms with Gasteiger partial charge in [-0.05, 0) is 43.0 Å². The van der Waals surface area contributed by atoms with Crippen LogP contribution < -0.4 is 10.2 Å². The monoisotopic (exact) mass is 525 g/mol. The van der Waals surface area contributed by atoms with Crippen molar-refractivity contribution in [3.63, 3.8) is 0 Å². The minimum atomic E-state index is -0.296. The van der Waals surface area contributed by atoms with Gasteiger partial charge in [0.15, 0.2) is 17.6 Å². The van der Waals surface area contributed by atoms with Gasteiger partial charge < -0.3 is 19.9 Å². The molecule has 3 heterocycles. The van der Waals surface area contributed by atoms with Crippen LogP contribution >= 0.6 is 24.0 Å². The summed E-state index contributed by atoms with van der Waals surface area (Å²) < 4.78 is 20.0. The predicted octanol–water partition coefficient (Wildman–Crippen LogP) is 4.13. The molecule has 2 saturated heterocycles. The molecule has 0 aliphatic carbocycles. The zero-order valence-corrected chi connectivity index (χ0v) is 19.4. The van der Waals surface area contributed by atoms with Crippen LogP contribution in [0.2, 0.25) is 0 Å². The normalized spacial score (nSPS) is 17.4. The molecule has 2 fully saturated rings. The number of hydrogen-bond donors (Lipinski definition) is 1. The molecule has 0 amide bonds. The second-order valence-corrected chi connectivity index (χ2v) is 7.43. The molecule has 6 nitrogen and oxygen atoms in total. The molecule has 2 aromatic rings. The molecule has 1 aromatic heterocycles. The maximum Gasteiger partial charge on any atom is 0.198 e. The van der Waals surface area contributed by atoms with Gasteiger partial charge in [0.1, 0.15) is 0 Å². The molecule has 1 aromatic carbocycles. The Hall–Kier alpha value is -1.94. The highest BCUT2D eigenvalue weighted by Crippen LogP contribution is 2.19. The smallest absolute Gasteiger partial charge is 0.198 e. The molecule has 0 spiro atoms. The van der Waals surface area contributed by atoms with Crippen LogP contribution in [0.3, 0.4) is 0 Å². The number of benzene rings is 1. The van der Waals surface area contributed by atoms with Crippen molar-refractivity contribution < 1.29 is 9.13 Å². The van der Waals surface area contributed by atoms with Crippen molar-refractivity contribution in [3.8, 4) is 0 Å². The third-order valence-corrected chi connectivity index (χ3v) is 5.29. The fraction of sp³-hybridized carbons (Fsp3) is 0.455. The Kier molecular flexibility index (Phi) is 8.68. The zero-order valence-electron chi connectivity index (χ0n) is 17.1. The molecule has 0 radical (unpaired) electrons. The number of piperidine rings is 1. The fourth-order valence-corrected chi connectivity index (χ4v) is 3.71. The molecule has 0 unspecified atom stereocenters. The molecule has 0 atom stereocenters. The average Bonchev–Trinajstić information content (AvgIpc) is 2.78. The lowest BCUT2D eigenvalue weighted by atomic mass is 10.1. The van der Waals surface area contributed by atoms with E-state index in [4.69, 9.17) is 9.73 Å². The summed E-state index contributed by atoms with van der Waals surface area (Å²) >= 11 is 0. The number of para-hydroxylation sites is 1. The van der Waals surface area contributed by atoms with E-state index in [0.717, 1.165) is 30.3 Å². The van der Waals surface area contributed by atoms with E-state index in [9.17, 15) is 4.39 Å². The number of anilines is 2. The van der Waals surface area contributed by atoms with Gasteiger partial charge in [0.05, 0.1) is 19.8 Å². The number of aliphatic imine (C=N–C) groups is 1. The molecule has 8 heteroatoms. The van der Waals surface area contributed by atoms with Crippen LogP contribution in [0, 0.1) is 5.82 Å². The Balaban J connectivity index is 0.00000256. The van der Waals surface area contributed by atoms with E-state index in [1.165, 1.54) is 19.3 Å². The van der Waals surface area contributed by atoms with Crippen LogP contribution in [0.5, 0.6) is 0 Å². The van der Waals surface area contributed by atoms with Crippen molar-refractivity contribution in [3.05, 3.63) is 54.0 Å². The van der Waals surface area contributed by atoms with Gasteiger partial charge in [0.2, 0.25) is 0 Å². The van der Waals surface area contributed by atoms with Crippen LogP contribution in [0.1, 0.15) is 24.8 Å². The average molecular weight is 525 g/mol. The molecule has 162 valence electrons. The van der Waals surface area contributed by atoms with Crippen LogP contribution in [-0.2, 0) is 11.3 Å². The van der Waals surface area contributed by atoms with Crippen molar-refractivity contribution in [2.75, 3.05) is 49.6 Å². The molecular weight excluding hydrogens is 496 g/mol. The summed E-state index contributed by atoms with van der Waals surface area (Å²) in [6, 6.07) is 11.6. The molecule has 2 aliphatic heterocycles. The molecule has 4 rings (SSSR count). The van der Waals surface area contributed by atoms with Crippen LogP contribution in [0.4, 0.5) is 15.9 Å². The number of guanidine groups is 1. The minimum Gasteiger partial charge on any atom is -0.378 e. The summed E-state index contributed by atoms with van der Waals surface area (Å²) in [5.74, 6) is 0.948. The fourth-order valence-electron chi connectivity index (χ4n) is 3.71. The lowest BCUT2D eigenvalue weighted by molar-refractivity contribution is 0.122. The number of pyridine rings is 1. The number of nitrogens with one attached hydrogen (secondary N) is 1. The number of halogens is 2. The van der Waals surface area contributed by atoms with Gasteiger partial charge in [0.25, 0.3) is 0 Å². The second-order valence-electron chi connectivity index (χ2n) is 7.43. The third kappa shape index (κ3) is 6.04. The Labute approximate surface area is 194 Å². The summed E-state index contributed by atoms with van der Waals surface area (Å²) in [7, 11) is 0. The van der Waals surface area contributed by atoms with Crippen molar-refractivity contribution in [2.24, 2.45) is 4.99 Å². The zero-order chi connectivity index (χ0) is 19.9. The molecule has 0 bridgehead atoms. The highest BCUT2D eigenvalue weighted by Gasteiger charge is 2.18. The molecule has 30 heavy (non-hydrogen) atoms. The number of rotatable bonds is 4. The van der Waals surface area contributed by atoms with Crippen LogP contribution in [0.15, 0.2) is 47.6 Å². The lowest BCUT2D eigenvalue weighted by Crippen LogP contribution is -2.40. The molecule has 1 N–H and O–H groups in total. The number of likely N-dealkylation sites (tertiary alicyclic amines) is 1. The molecular formula is C22H29FIN5O. The largest absolute Gasteiger partial charge is 0.378 e. The Morgan fingerprint density at radius 3 is 2.50 bits per heavy atom. The van der Waals surface area contributed by atoms with Crippen LogP contribution in [-0.4, -0.2) is 55.2 Å². The first kappa shape index (κ1) is 22.7. The number of aromatic nitrogens is 1. The summed E-state index contributed by atoms with van der Waals surface area (Å²) in [5.41, 5.74) is 1.77. The number of morpholine rings is 1. The molecule has 2 aliphatic rings. The van der Waals surface area contributed by atoms with E-state index >= 15 is 0 Å². The lowest BCUT2D eigenvalue weighted by Gasteiger charge is -2.30. The quantitative estimate of drug-likeness (QED) is 0.370. The summed E-state index contributed by atoms with van der Waals surface area (Å²) in [6.07, 6.45) is 5.32. The minimum absolute atomic E-state index is 0. The first-order valence-corrected chi connectivity index (χ1v) is 10.4. The predicted molar refractivity (Wildman–Crippen MR) is 129 cm³/mol.